The van der Waals surface area contributed by atoms with Crippen LogP contribution >= 0.6 is 15.9 Å². The predicted molar refractivity (Wildman–Crippen MR) is 79.1 cm³/mol. The van der Waals surface area contributed by atoms with Crippen LogP contribution in [0.4, 0.5) is 10.1 Å². The van der Waals surface area contributed by atoms with Crippen LogP contribution in [0.3, 0.4) is 0 Å². The maximum atomic E-state index is 13.6. The number of hydrogen-bond acceptors (Lipinski definition) is 3. The quantitative estimate of drug-likeness (QED) is 0.916. The first-order valence-electron chi connectivity index (χ1n) is 5.90. The summed E-state index contributed by atoms with van der Waals surface area (Å²) < 4.78 is 19.7. The number of benzene rings is 2. The van der Waals surface area contributed by atoms with E-state index in [9.17, 15) is 4.39 Å². The maximum Gasteiger partial charge on any atom is 0.143 e. The van der Waals surface area contributed by atoms with E-state index < -0.39 is 0 Å². The first-order chi connectivity index (χ1) is 9.63. The summed E-state index contributed by atoms with van der Waals surface area (Å²) in [5.74, 6) is 0.285. The number of hydrogen-bond donors (Lipinski definition) is 1. The third-order valence-corrected chi connectivity index (χ3v) is 3.30. The second-order valence-corrected chi connectivity index (χ2v) is 5.03. The molecule has 0 aromatic heterocycles. The molecule has 0 aliphatic rings. The van der Waals surface area contributed by atoms with E-state index in [0.29, 0.717) is 29.1 Å². The van der Waals surface area contributed by atoms with Crippen LogP contribution in [0, 0.1) is 17.1 Å². The first-order valence-corrected chi connectivity index (χ1v) is 6.69. The monoisotopic (exact) mass is 334 g/mol. The van der Waals surface area contributed by atoms with E-state index in [1.165, 1.54) is 13.2 Å². The number of nitriles is 1. The molecular weight excluding hydrogens is 323 g/mol. The van der Waals surface area contributed by atoms with Crippen molar-refractivity contribution in [2.24, 2.45) is 0 Å². The van der Waals surface area contributed by atoms with Crippen LogP contribution < -0.4 is 10.1 Å². The molecule has 0 amide bonds. The van der Waals surface area contributed by atoms with Gasteiger partial charge in [-0.2, -0.15) is 5.26 Å². The maximum absolute atomic E-state index is 13.6. The normalized spacial score (nSPS) is 9.90. The molecule has 1 N–H and O–H groups in total. The first kappa shape index (κ1) is 14.4. The van der Waals surface area contributed by atoms with Crippen molar-refractivity contribution in [2.45, 2.75) is 6.54 Å². The molecule has 0 unspecified atom stereocenters. The molecule has 0 fully saturated rings. The minimum atomic E-state index is -0.270. The third kappa shape index (κ3) is 3.28. The zero-order chi connectivity index (χ0) is 14.5. The SMILES string of the molecule is COc1cc(C#N)ccc1NCc1cc(Br)ccc1F. The Hall–Kier alpha value is -2.06. The predicted octanol–water partition coefficient (Wildman–Crippen LogP) is 4.08. The molecule has 0 saturated carbocycles. The van der Waals surface area contributed by atoms with Crippen molar-refractivity contribution in [1.29, 1.82) is 5.26 Å². The highest BCUT2D eigenvalue weighted by molar-refractivity contribution is 9.10. The number of halogens is 2. The molecule has 0 heterocycles. The van der Waals surface area contributed by atoms with Gasteiger partial charge in [0.2, 0.25) is 0 Å². The van der Waals surface area contributed by atoms with E-state index in [1.807, 2.05) is 6.07 Å². The minimum absolute atomic E-state index is 0.270. The second-order valence-electron chi connectivity index (χ2n) is 4.12. The summed E-state index contributed by atoms with van der Waals surface area (Å²) in [5, 5.41) is 11.9. The van der Waals surface area contributed by atoms with Crippen molar-refractivity contribution in [3.05, 3.63) is 57.8 Å². The van der Waals surface area contributed by atoms with Crippen molar-refractivity contribution in [3.63, 3.8) is 0 Å². The number of ether oxygens (including phenoxy) is 1. The Morgan fingerprint density at radius 2 is 2.10 bits per heavy atom. The highest BCUT2D eigenvalue weighted by Gasteiger charge is 2.07. The Balaban J connectivity index is 2.19. The number of nitrogens with one attached hydrogen (secondary N) is 1. The number of nitrogens with zero attached hydrogens (tertiary/aromatic N) is 1. The fourth-order valence-electron chi connectivity index (χ4n) is 1.78. The second kappa shape index (κ2) is 6.40. The molecule has 2 rings (SSSR count). The molecule has 5 heteroatoms. The highest BCUT2D eigenvalue weighted by atomic mass is 79.9. The van der Waals surface area contributed by atoms with Crippen LogP contribution in [-0.4, -0.2) is 7.11 Å². The van der Waals surface area contributed by atoms with Crippen LogP contribution in [0.2, 0.25) is 0 Å². The zero-order valence-electron chi connectivity index (χ0n) is 10.8. The van der Waals surface area contributed by atoms with Gasteiger partial charge in [0.25, 0.3) is 0 Å². The number of anilines is 1. The van der Waals surface area contributed by atoms with Crippen molar-refractivity contribution < 1.29 is 9.13 Å². The summed E-state index contributed by atoms with van der Waals surface area (Å²) in [6.45, 7) is 0.327. The number of rotatable bonds is 4. The average molecular weight is 335 g/mol. The largest absolute Gasteiger partial charge is 0.495 e. The van der Waals surface area contributed by atoms with Gasteiger partial charge < -0.3 is 10.1 Å². The molecule has 0 aliphatic carbocycles. The fourth-order valence-corrected chi connectivity index (χ4v) is 2.18. The molecule has 0 spiro atoms. The summed E-state index contributed by atoms with van der Waals surface area (Å²) >= 11 is 3.31. The zero-order valence-corrected chi connectivity index (χ0v) is 12.4. The molecule has 2 aromatic rings. The van der Waals surface area contributed by atoms with Gasteiger partial charge in [-0.25, -0.2) is 4.39 Å². The van der Waals surface area contributed by atoms with E-state index in [0.717, 1.165) is 4.47 Å². The molecule has 0 radical (unpaired) electrons. The van der Waals surface area contributed by atoms with Gasteiger partial charge in [0.15, 0.2) is 0 Å². The van der Waals surface area contributed by atoms with Crippen LogP contribution in [0.5, 0.6) is 5.75 Å². The standard InChI is InChI=1S/C15H12BrFN2O/c1-20-15-6-10(8-18)2-5-14(15)19-9-11-7-12(16)3-4-13(11)17/h2-7,19H,9H2,1H3. The van der Waals surface area contributed by atoms with Crippen LogP contribution in [0.15, 0.2) is 40.9 Å². The lowest BCUT2D eigenvalue weighted by molar-refractivity contribution is 0.416. The summed E-state index contributed by atoms with van der Waals surface area (Å²) in [7, 11) is 1.53. The van der Waals surface area contributed by atoms with E-state index in [1.54, 1.807) is 30.3 Å². The number of methoxy groups -OCH3 is 1. The summed E-state index contributed by atoms with van der Waals surface area (Å²) in [4.78, 5) is 0. The Morgan fingerprint density at radius 1 is 1.30 bits per heavy atom. The molecule has 3 nitrogen and oxygen atoms in total. The Kier molecular flexibility index (Phi) is 4.59. The van der Waals surface area contributed by atoms with Gasteiger partial charge >= 0.3 is 0 Å². The Labute approximate surface area is 125 Å². The smallest absolute Gasteiger partial charge is 0.143 e. The van der Waals surface area contributed by atoms with Crippen LogP contribution in [0.25, 0.3) is 0 Å². The lowest BCUT2D eigenvalue weighted by Crippen LogP contribution is -2.03. The molecule has 0 atom stereocenters. The van der Waals surface area contributed by atoms with Gasteiger partial charge in [0.05, 0.1) is 24.4 Å². The minimum Gasteiger partial charge on any atom is -0.495 e. The lowest BCUT2D eigenvalue weighted by Gasteiger charge is -2.12. The molecule has 102 valence electrons. The summed E-state index contributed by atoms with van der Waals surface area (Å²) in [6, 6.07) is 11.9. The van der Waals surface area contributed by atoms with E-state index in [2.05, 4.69) is 21.2 Å². The molecule has 0 saturated heterocycles. The van der Waals surface area contributed by atoms with E-state index >= 15 is 0 Å². The highest BCUT2D eigenvalue weighted by Crippen LogP contribution is 2.26. The topological polar surface area (TPSA) is 45.0 Å². The molecular formula is C15H12BrFN2O. The Morgan fingerprint density at radius 3 is 2.80 bits per heavy atom. The molecule has 0 bridgehead atoms. The van der Waals surface area contributed by atoms with Gasteiger partial charge in [-0.1, -0.05) is 15.9 Å². The average Bonchev–Trinajstić information content (AvgIpc) is 2.48. The fraction of sp³-hybridized carbons (Fsp3) is 0.133. The van der Waals surface area contributed by atoms with Crippen molar-refractivity contribution in [3.8, 4) is 11.8 Å². The summed E-state index contributed by atoms with van der Waals surface area (Å²) in [5.41, 5.74) is 1.78. The third-order valence-electron chi connectivity index (χ3n) is 2.81. The van der Waals surface area contributed by atoms with E-state index in [-0.39, 0.29) is 5.82 Å². The molecule has 2 aromatic carbocycles. The van der Waals surface area contributed by atoms with E-state index in [4.69, 9.17) is 10.00 Å². The lowest BCUT2D eigenvalue weighted by atomic mass is 10.1. The Bertz CT molecular complexity index is 667. The van der Waals surface area contributed by atoms with Gasteiger partial charge in [-0.05, 0) is 30.3 Å². The van der Waals surface area contributed by atoms with Gasteiger partial charge in [-0.15, -0.1) is 0 Å². The van der Waals surface area contributed by atoms with Crippen molar-refractivity contribution in [2.75, 3.05) is 12.4 Å². The van der Waals surface area contributed by atoms with Gasteiger partial charge in [0, 0.05) is 22.6 Å². The van der Waals surface area contributed by atoms with Gasteiger partial charge in [-0.3, -0.25) is 0 Å². The van der Waals surface area contributed by atoms with Crippen LogP contribution in [-0.2, 0) is 6.54 Å². The van der Waals surface area contributed by atoms with Crippen molar-refractivity contribution in [1.82, 2.24) is 0 Å². The van der Waals surface area contributed by atoms with Crippen molar-refractivity contribution >= 4 is 21.6 Å². The van der Waals surface area contributed by atoms with Gasteiger partial charge in [0.1, 0.15) is 11.6 Å². The van der Waals surface area contributed by atoms with Crippen LogP contribution in [0.1, 0.15) is 11.1 Å². The summed E-state index contributed by atoms with van der Waals surface area (Å²) in [6.07, 6.45) is 0. The molecule has 20 heavy (non-hydrogen) atoms. The molecule has 0 aliphatic heterocycles.